The van der Waals surface area contributed by atoms with E-state index in [4.69, 9.17) is 0 Å². The second-order valence-corrected chi connectivity index (χ2v) is 7.37. The topological polar surface area (TPSA) is 171 Å². The molecule has 1 aromatic rings. The van der Waals surface area contributed by atoms with Gasteiger partial charge < -0.3 is 15.4 Å². The van der Waals surface area contributed by atoms with Gasteiger partial charge in [-0.15, -0.1) is 0 Å². The summed E-state index contributed by atoms with van der Waals surface area (Å²) in [5.74, 6) is -1.21. The first kappa shape index (κ1) is 19.5. The lowest BCUT2D eigenvalue weighted by atomic mass is 9.75. The van der Waals surface area contributed by atoms with Crippen LogP contribution in [0.4, 0.5) is 0 Å². The predicted molar refractivity (Wildman–Crippen MR) is 102 cm³/mol. The normalized spacial score (nSPS) is 21.7. The number of aromatic hydroxyl groups is 1. The number of hydrogen-bond acceptors (Lipinski definition) is 10. The summed E-state index contributed by atoms with van der Waals surface area (Å²) in [5.41, 5.74) is -5.37. The van der Waals surface area contributed by atoms with Crippen molar-refractivity contribution in [3.05, 3.63) is 80.7 Å². The van der Waals surface area contributed by atoms with Crippen LogP contribution < -0.4 is 21.6 Å². The number of hydrogen-bond donors (Lipinski definition) is 3. The summed E-state index contributed by atoms with van der Waals surface area (Å²) in [5, 5.41) is 34.0. The van der Waals surface area contributed by atoms with Crippen molar-refractivity contribution in [2.45, 2.75) is 31.4 Å². The molecule has 10 heteroatoms. The summed E-state index contributed by atoms with van der Waals surface area (Å²) in [6.07, 6.45) is -1.02. The molecule has 0 saturated heterocycles. The van der Waals surface area contributed by atoms with Gasteiger partial charge in [0.15, 0.2) is 16.6 Å². The maximum Gasteiger partial charge on any atom is 0.200 e. The number of fused-ring (bicyclic) bond motifs is 2. The van der Waals surface area contributed by atoms with E-state index in [9.17, 15) is 39.5 Å². The van der Waals surface area contributed by atoms with Gasteiger partial charge in [-0.1, -0.05) is 22.5 Å². The van der Waals surface area contributed by atoms with Crippen LogP contribution in [0, 0.1) is 15.3 Å². The molecule has 0 bridgehead atoms. The molecule has 1 aromatic carbocycles. The lowest BCUT2D eigenvalue weighted by Gasteiger charge is -2.33. The third-order valence-corrected chi connectivity index (χ3v) is 5.75. The Balaban J connectivity index is 2.38. The van der Waals surface area contributed by atoms with Gasteiger partial charge in [-0.2, -0.15) is 4.91 Å². The van der Waals surface area contributed by atoms with Crippen molar-refractivity contribution in [1.29, 1.82) is 0 Å². The summed E-state index contributed by atoms with van der Waals surface area (Å²) in [6, 6.07) is 2.30. The highest BCUT2D eigenvalue weighted by atomic mass is 16.4. The van der Waals surface area contributed by atoms with E-state index in [2.05, 4.69) is 10.3 Å². The Morgan fingerprint density at radius 3 is 2.43 bits per heavy atom. The smallest absolute Gasteiger partial charge is 0.200 e. The Labute approximate surface area is 165 Å². The van der Waals surface area contributed by atoms with Crippen molar-refractivity contribution >= 4 is 16.6 Å². The van der Waals surface area contributed by atoms with E-state index in [0.717, 1.165) is 6.92 Å². The zero-order valence-electron chi connectivity index (χ0n) is 15.5. The Morgan fingerprint density at radius 2 is 1.83 bits per heavy atom. The molecular formula is C20H14N2O8. The summed E-state index contributed by atoms with van der Waals surface area (Å²) in [6.45, 7) is 1.08. The monoisotopic (exact) mass is 410 g/mol. The molecule has 2 atom stereocenters. The number of nitroso groups, excluding NO2 is 1. The first-order chi connectivity index (χ1) is 14.2. The Hall–Kier alpha value is -3.79. The fourth-order valence-corrected chi connectivity index (χ4v) is 4.23. The van der Waals surface area contributed by atoms with E-state index >= 15 is 0 Å². The molecule has 10 nitrogen and oxygen atoms in total. The molecular weight excluding hydrogens is 396 g/mol. The van der Waals surface area contributed by atoms with Gasteiger partial charge in [0.25, 0.3) is 0 Å². The van der Waals surface area contributed by atoms with Gasteiger partial charge in [-0.25, -0.2) is 0 Å². The average molecular weight is 410 g/mol. The summed E-state index contributed by atoms with van der Waals surface area (Å²) >= 11 is 0. The van der Waals surface area contributed by atoms with Gasteiger partial charge in [-0.05, 0) is 13.0 Å². The molecule has 152 valence electrons. The number of phenols is 1. The number of benzene rings is 1. The van der Waals surface area contributed by atoms with E-state index in [-0.39, 0.29) is 21.9 Å². The number of ketones is 1. The van der Waals surface area contributed by atoms with E-state index in [0.29, 0.717) is 0 Å². The van der Waals surface area contributed by atoms with E-state index in [1.807, 2.05) is 0 Å². The zero-order valence-corrected chi connectivity index (χ0v) is 15.5. The molecule has 0 aromatic heterocycles. The average Bonchev–Trinajstić information content (AvgIpc) is 2.71. The molecule has 4 rings (SSSR count). The minimum Gasteiger partial charge on any atom is -0.507 e. The molecule has 0 unspecified atom stereocenters. The number of nitrogens with zero attached hydrogens (tertiary/aromatic N) is 2. The lowest BCUT2D eigenvalue weighted by molar-refractivity contribution is -0.136. The molecule has 0 heterocycles. The van der Waals surface area contributed by atoms with E-state index in [1.165, 1.54) is 18.2 Å². The van der Waals surface area contributed by atoms with Crippen LogP contribution in [0.1, 0.15) is 30.5 Å². The van der Waals surface area contributed by atoms with Gasteiger partial charge >= 0.3 is 0 Å². The van der Waals surface area contributed by atoms with Gasteiger partial charge in [0.1, 0.15) is 22.7 Å². The zero-order chi connectivity index (χ0) is 22.0. The van der Waals surface area contributed by atoms with Crippen molar-refractivity contribution in [1.82, 2.24) is 0 Å². The second-order valence-electron chi connectivity index (χ2n) is 7.37. The van der Waals surface area contributed by atoms with Crippen molar-refractivity contribution in [2.24, 2.45) is 10.3 Å². The largest absolute Gasteiger partial charge is 0.507 e. The highest BCUT2D eigenvalue weighted by Crippen LogP contribution is 2.35. The first-order valence-electron chi connectivity index (χ1n) is 8.88. The van der Waals surface area contributed by atoms with Crippen molar-refractivity contribution < 1.29 is 20.2 Å². The molecule has 0 fully saturated rings. The highest BCUT2D eigenvalue weighted by Gasteiger charge is 2.44. The van der Waals surface area contributed by atoms with Gasteiger partial charge in [0.05, 0.1) is 15.8 Å². The number of aliphatic hydroxyl groups is 1. The minimum absolute atomic E-state index is 0.212. The predicted octanol–water partition coefficient (Wildman–Crippen LogP) is -0.410. The third kappa shape index (κ3) is 2.37. The van der Waals surface area contributed by atoms with Crippen LogP contribution in [-0.2, 0) is 11.2 Å². The molecule has 3 N–H and O–H groups in total. The number of phenolic OH excluding ortho intramolecular Hbond substituents is 1. The Bertz CT molecular complexity index is 1550. The van der Waals surface area contributed by atoms with Gasteiger partial charge in [0.2, 0.25) is 5.43 Å². The van der Waals surface area contributed by atoms with Crippen LogP contribution in [0.25, 0.3) is 10.8 Å². The quantitative estimate of drug-likeness (QED) is 0.291. The molecule has 3 aliphatic rings. The van der Waals surface area contributed by atoms with Crippen LogP contribution in [0.2, 0.25) is 0 Å². The van der Waals surface area contributed by atoms with E-state index < -0.39 is 68.1 Å². The SMILES string of the molecule is CC(=O)[C@]1(O)Cc2c(c(=NO)c3c(=O)c4c(O)cccc4c(=O)c=3c2=O)[C@@H](N=O)C1. The van der Waals surface area contributed by atoms with Crippen LogP contribution in [0.5, 0.6) is 5.75 Å². The Morgan fingerprint density at radius 1 is 1.13 bits per heavy atom. The summed E-state index contributed by atoms with van der Waals surface area (Å²) in [7, 11) is 0. The van der Waals surface area contributed by atoms with Crippen LogP contribution in [-0.4, -0.2) is 26.8 Å². The number of rotatable bonds is 2. The van der Waals surface area contributed by atoms with Crippen LogP contribution >= 0.6 is 0 Å². The maximum absolute atomic E-state index is 13.2. The number of carbonyl (C=O) groups excluding carboxylic acids is 1. The van der Waals surface area contributed by atoms with Crippen molar-refractivity contribution in [3.63, 3.8) is 0 Å². The fraction of sp³-hybridized carbons (Fsp3) is 0.250. The van der Waals surface area contributed by atoms with Crippen LogP contribution in [0.3, 0.4) is 0 Å². The number of Topliss-reactive ketones (excluding diaryl/α,β-unsaturated/α-hetero) is 1. The third-order valence-electron chi connectivity index (χ3n) is 5.75. The highest BCUT2D eigenvalue weighted by molar-refractivity contribution is 5.88. The van der Waals surface area contributed by atoms with Crippen molar-refractivity contribution in [2.75, 3.05) is 0 Å². The van der Waals surface area contributed by atoms with Gasteiger partial charge in [-0.3, -0.25) is 19.2 Å². The summed E-state index contributed by atoms with van der Waals surface area (Å²) in [4.78, 5) is 62.8. The summed E-state index contributed by atoms with van der Waals surface area (Å²) < 4.78 is 0. The molecule has 0 amide bonds. The molecule has 30 heavy (non-hydrogen) atoms. The maximum atomic E-state index is 13.2. The fourth-order valence-electron chi connectivity index (χ4n) is 4.23. The lowest BCUT2D eigenvalue weighted by Crippen LogP contribution is -2.48. The minimum atomic E-state index is -2.08. The molecule has 3 aliphatic carbocycles. The second kappa shape index (κ2) is 6.36. The molecule has 0 spiro atoms. The first-order valence-corrected chi connectivity index (χ1v) is 8.88. The Kier molecular flexibility index (Phi) is 4.14. The molecule has 0 radical (unpaired) electrons. The van der Waals surface area contributed by atoms with Crippen LogP contribution in [0.15, 0.2) is 42.9 Å². The molecule has 0 aliphatic heterocycles. The molecule has 0 saturated carbocycles. The van der Waals surface area contributed by atoms with Gasteiger partial charge in [0, 0.05) is 29.4 Å². The van der Waals surface area contributed by atoms with E-state index in [1.54, 1.807) is 0 Å². The number of carbonyl (C=O) groups is 1. The van der Waals surface area contributed by atoms with Crippen molar-refractivity contribution in [3.8, 4) is 5.75 Å². The standard InChI is InChI=1S/C20H14N2O8/c1-7(23)20(28)5-9-12(10(6-20)21-29)16(22-30)14-15(18(9)26)17(25)8-3-2-4-11(24)13(8)19(14)27/h2-4,10,24,28,30H,5-6H2,1H3/t10-,20-/m0/s1.